The molecule has 5 aromatic rings. The third kappa shape index (κ3) is 5.72. The Kier molecular flexibility index (Phi) is 7.32. The zero-order valence-corrected chi connectivity index (χ0v) is 25.5. The highest BCUT2D eigenvalue weighted by Crippen LogP contribution is 2.47. The zero-order valence-electron chi connectivity index (χ0n) is 25.5. The number of carbonyl (C=O) groups is 2. The molecule has 0 unspecified atom stereocenters. The average Bonchev–Trinajstić information content (AvgIpc) is 3.18. The Morgan fingerprint density at radius 1 is 1.04 bits per heavy atom. The molecule has 0 bridgehead atoms. The summed E-state index contributed by atoms with van der Waals surface area (Å²) in [6, 6.07) is 18.3. The van der Waals surface area contributed by atoms with Gasteiger partial charge in [0.1, 0.15) is 23.3 Å². The molecule has 228 valence electrons. The summed E-state index contributed by atoms with van der Waals surface area (Å²) in [5, 5.41) is 3.16. The molecule has 0 atom stereocenters. The van der Waals surface area contributed by atoms with Crippen LogP contribution in [0.1, 0.15) is 32.0 Å². The number of pyridine rings is 1. The van der Waals surface area contributed by atoms with E-state index in [1.54, 1.807) is 18.2 Å². The maximum Gasteiger partial charge on any atom is 0.416 e. The van der Waals surface area contributed by atoms with Crippen LogP contribution in [0, 0.1) is 6.92 Å². The second-order valence-electron chi connectivity index (χ2n) is 11.7. The highest BCUT2D eigenvalue weighted by Gasteiger charge is 2.34. The predicted octanol–water partition coefficient (Wildman–Crippen LogP) is 7.47. The predicted molar refractivity (Wildman–Crippen MR) is 170 cm³/mol. The lowest BCUT2D eigenvalue weighted by Crippen LogP contribution is -2.37. The van der Waals surface area contributed by atoms with Crippen LogP contribution >= 0.6 is 0 Å². The van der Waals surface area contributed by atoms with Crippen LogP contribution in [0.3, 0.4) is 0 Å². The largest absolute Gasteiger partial charge is 0.443 e. The Morgan fingerprint density at radius 2 is 1.80 bits per heavy atom. The number of aromatic nitrogens is 4. The Balaban J connectivity index is 1.54. The van der Waals surface area contributed by atoms with Crippen molar-refractivity contribution in [1.82, 2.24) is 19.5 Å². The molecule has 2 amide bonds. The van der Waals surface area contributed by atoms with Crippen molar-refractivity contribution in [3.63, 3.8) is 0 Å². The molecule has 0 saturated carbocycles. The van der Waals surface area contributed by atoms with Gasteiger partial charge in [0.15, 0.2) is 11.6 Å². The van der Waals surface area contributed by atoms with Gasteiger partial charge in [0.25, 0.3) is 5.91 Å². The minimum Gasteiger partial charge on any atom is -0.443 e. The van der Waals surface area contributed by atoms with Gasteiger partial charge in [-0.15, -0.1) is 0 Å². The normalized spacial score (nSPS) is 12.4. The van der Waals surface area contributed by atoms with Gasteiger partial charge in [-0.05, 0) is 74.7 Å². The topological polar surface area (TPSA) is 111 Å². The number of hydrogen-bond donors (Lipinski definition) is 1. The summed E-state index contributed by atoms with van der Waals surface area (Å²) in [4.78, 5) is 40.7. The molecule has 0 fully saturated rings. The lowest BCUT2D eigenvalue weighted by atomic mass is 9.95. The highest BCUT2D eigenvalue weighted by molar-refractivity contribution is 6.12. The van der Waals surface area contributed by atoms with Crippen LogP contribution in [0.2, 0.25) is 0 Å². The van der Waals surface area contributed by atoms with Gasteiger partial charge in [-0.3, -0.25) is 9.69 Å². The molecular formula is C34H31FN6O4. The molecule has 0 aliphatic carbocycles. The minimum absolute atomic E-state index is 0.157. The van der Waals surface area contributed by atoms with Crippen LogP contribution in [-0.4, -0.2) is 37.1 Å². The third-order valence-electron chi connectivity index (χ3n) is 7.24. The first kappa shape index (κ1) is 29.5. The number of aryl methyl sites for hydroxylation is 2. The van der Waals surface area contributed by atoms with Crippen molar-refractivity contribution in [2.75, 3.05) is 10.2 Å². The molecule has 0 saturated heterocycles. The lowest BCUT2D eigenvalue weighted by molar-refractivity contribution is -0.114. The number of carbonyl (C=O) groups excluding carboxylic acids is 2. The monoisotopic (exact) mass is 606 g/mol. The fourth-order valence-electron chi connectivity index (χ4n) is 5.37. The van der Waals surface area contributed by atoms with Gasteiger partial charge in [-0.1, -0.05) is 30.8 Å². The standard InChI is InChI=1S/C34H31FN6O4/c1-19-8-7-9-26(38-19)44-24-14-15-25-22(16-24)17-41(33(43)45-34(3,4)5)31-28-27(25)29(40(6)30(28)36-18-37-31)21-10-12-23(13-11-21)39-32(42)20(2)35/h7-16,18H,2,17H2,1,3-6H3,(H,39,42). The van der Waals surface area contributed by atoms with E-state index in [1.807, 2.05) is 81.8 Å². The van der Waals surface area contributed by atoms with Crippen molar-refractivity contribution in [2.24, 2.45) is 7.05 Å². The van der Waals surface area contributed by atoms with Gasteiger partial charge in [0, 0.05) is 30.1 Å². The first-order chi connectivity index (χ1) is 21.4. The van der Waals surface area contributed by atoms with E-state index in [0.29, 0.717) is 34.2 Å². The van der Waals surface area contributed by atoms with Crippen molar-refractivity contribution >= 4 is 34.5 Å². The summed E-state index contributed by atoms with van der Waals surface area (Å²) in [5.41, 5.74) is 5.18. The fourth-order valence-corrected chi connectivity index (χ4v) is 5.37. The fraction of sp³-hybridized carbons (Fsp3) is 0.206. The number of anilines is 2. The summed E-state index contributed by atoms with van der Waals surface area (Å²) in [5.74, 6) is -0.569. The van der Waals surface area contributed by atoms with Crippen molar-refractivity contribution < 1.29 is 23.5 Å². The Bertz CT molecular complexity index is 2000. The van der Waals surface area contributed by atoms with Crippen LogP contribution in [0.5, 0.6) is 11.6 Å². The van der Waals surface area contributed by atoms with Gasteiger partial charge >= 0.3 is 6.09 Å². The lowest BCUT2D eigenvalue weighted by Gasteiger charge is -2.26. The highest BCUT2D eigenvalue weighted by atomic mass is 19.1. The van der Waals surface area contributed by atoms with Crippen LogP contribution in [0.15, 0.2) is 79.4 Å². The van der Waals surface area contributed by atoms with Gasteiger partial charge in [0.05, 0.1) is 17.6 Å². The second-order valence-corrected chi connectivity index (χ2v) is 11.7. The number of hydrogen-bond acceptors (Lipinski definition) is 7. The van der Waals surface area contributed by atoms with Crippen molar-refractivity contribution in [3.8, 4) is 34.0 Å². The molecule has 3 aromatic heterocycles. The Morgan fingerprint density at radius 3 is 2.49 bits per heavy atom. The van der Waals surface area contributed by atoms with Crippen molar-refractivity contribution in [2.45, 2.75) is 39.8 Å². The van der Waals surface area contributed by atoms with Gasteiger partial charge < -0.3 is 19.4 Å². The summed E-state index contributed by atoms with van der Waals surface area (Å²) < 4.78 is 27.2. The summed E-state index contributed by atoms with van der Waals surface area (Å²) >= 11 is 0. The molecule has 2 aromatic carbocycles. The molecule has 6 rings (SSSR count). The molecule has 11 heteroatoms. The average molecular weight is 607 g/mol. The number of halogens is 1. The molecule has 1 aliphatic rings. The maximum absolute atomic E-state index is 13.7. The number of benzene rings is 2. The Hall–Kier alpha value is -5.58. The molecule has 10 nitrogen and oxygen atoms in total. The number of nitrogens with one attached hydrogen (secondary N) is 1. The SMILES string of the molecule is C=C(F)C(=O)Nc1ccc(-c2c3c4c(ncnc4n2C)N(C(=O)OC(C)(C)C)Cc2cc(Oc4cccc(C)n4)ccc2-3)cc1. The minimum atomic E-state index is -1.08. The molecule has 1 N–H and O–H groups in total. The maximum atomic E-state index is 13.7. The van der Waals surface area contributed by atoms with E-state index >= 15 is 0 Å². The number of ether oxygens (including phenoxy) is 2. The van der Waals surface area contributed by atoms with Crippen molar-refractivity contribution in [1.29, 1.82) is 0 Å². The molecule has 45 heavy (non-hydrogen) atoms. The first-order valence-electron chi connectivity index (χ1n) is 14.2. The molecule has 1 aliphatic heterocycles. The van der Waals surface area contributed by atoms with Crippen LogP contribution in [0.25, 0.3) is 33.4 Å². The zero-order chi connectivity index (χ0) is 32.0. The van der Waals surface area contributed by atoms with Crippen LogP contribution < -0.4 is 15.0 Å². The third-order valence-corrected chi connectivity index (χ3v) is 7.24. The van der Waals surface area contributed by atoms with Gasteiger partial charge in [0.2, 0.25) is 5.88 Å². The van der Waals surface area contributed by atoms with E-state index in [1.165, 1.54) is 11.2 Å². The van der Waals surface area contributed by atoms with Crippen molar-refractivity contribution in [3.05, 3.63) is 90.7 Å². The van der Waals surface area contributed by atoms with E-state index in [2.05, 4.69) is 26.8 Å². The van der Waals surface area contributed by atoms with E-state index in [9.17, 15) is 14.0 Å². The summed E-state index contributed by atoms with van der Waals surface area (Å²) in [6.07, 6.45) is 0.881. The summed E-state index contributed by atoms with van der Waals surface area (Å²) in [6.45, 7) is 10.5. The molecule has 0 radical (unpaired) electrons. The van der Waals surface area contributed by atoms with Crippen LogP contribution in [0.4, 0.5) is 20.7 Å². The van der Waals surface area contributed by atoms with E-state index in [-0.39, 0.29) is 6.54 Å². The molecule has 0 spiro atoms. The van der Waals surface area contributed by atoms with Gasteiger partial charge in [-0.2, -0.15) is 0 Å². The number of amides is 2. The molecular weight excluding hydrogens is 575 g/mol. The molecule has 4 heterocycles. The van der Waals surface area contributed by atoms with E-state index in [4.69, 9.17) is 9.47 Å². The first-order valence-corrected chi connectivity index (χ1v) is 14.2. The van der Waals surface area contributed by atoms with E-state index in [0.717, 1.165) is 33.6 Å². The van der Waals surface area contributed by atoms with E-state index < -0.39 is 23.4 Å². The quantitative estimate of drug-likeness (QED) is 0.207. The Labute approximate surface area is 259 Å². The van der Waals surface area contributed by atoms with Gasteiger partial charge in [-0.25, -0.2) is 24.1 Å². The smallest absolute Gasteiger partial charge is 0.416 e. The number of nitrogens with zero attached hydrogens (tertiary/aromatic N) is 5. The summed E-state index contributed by atoms with van der Waals surface area (Å²) in [7, 11) is 1.89. The number of rotatable bonds is 5. The second kappa shape index (κ2) is 11.2. The van der Waals surface area contributed by atoms with Crippen LogP contribution in [-0.2, 0) is 23.1 Å². The number of fused-ring (bicyclic) bond motifs is 2.